The lowest BCUT2D eigenvalue weighted by atomic mass is 10.1. The van der Waals surface area contributed by atoms with Gasteiger partial charge in [-0.05, 0) is 40.2 Å². The van der Waals surface area contributed by atoms with Crippen molar-refractivity contribution >= 4 is 34.2 Å². The molecule has 9 heteroatoms. The molecule has 2 heterocycles. The average Bonchev–Trinajstić information content (AvgIpc) is 3.12. The van der Waals surface area contributed by atoms with Gasteiger partial charge in [-0.15, -0.1) is 5.10 Å². The van der Waals surface area contributed by atoms with E-state index in [2.05, 4.69) is 20.7 Å². The SMILES string of the molecule is Cc1sc2nc(NC(=O)C(Cc3ccccc3)NC(=O)OC(C)(C)C)nn2c1C. The third-order valence-electron chi connectivity index (χ3n) is 4.17. The van der Waals surface area contributed by atoms with Crippen LogP contribution in [0.25, 0.3) is 4.96 Å². The summed E-state index contributed by atoms with van der Waals surface area (Å²) >= 11 is 1.50. The van der Waals surface area contributed by atoms with Gasteiger partial charge in [0.15, 0.2) is 0 Å². The van der Waals surface area contributed by atoms with Gasteiger partial charge >= 0.3 is 6.09 Å². The van der Waals surface area contributed by atoms with Crippen LogP contribution in [-0.2, 0) is 16.0 Å². The standard InChI is InChI=1S/C20H25N5O3S/c1-12-13(2)29-18-23-17(24-25(12)18)22-16(26)15(11-14-9-7-6-8-10-14)21-19(27)28-20(3,4)5/h6-10,15H,11H2,1-5H3,(H,21,27)(H,22,24,26). The molecule has 3 rings (SSSR count). The zero-order chi connectivity index (χ0) is 21.2. The van der Waals surface area contributed by atoms with Crippen LogP contribution >= 0.6 is 11.3 Å². The molecule has 8 nitrogen and oxygen atoms in total. The molecule has 0 aliphatic carbocycles. The molecule has 3 aromatic rings. The summed E-state index contributed by atoms with van der Waals surface area (Å²) in [4.78, 5) is 31.3. The van der Waals surface area contributed by atoms with Gasteiger partial charge < -0.3 is 10.1 Å². The van der Waals surface area contributed by atoms with Crippen LogP contribution in [0.15, 0.2) is 30.3 Å². The molecule has 0 bridgehead atoms. The summed E-state index contributed by atoms with van der Waals surface area (Å²) in [7, 11) is 0. The summed E-state index contributed by atoms with van der Waals surface area (Å²) in [6, 6.07) is 8.62. The second-order valence-corrected chi connectivity index (χ2v) is 8.93. The number of anilines is 1. The van der Waals surface area contributed by atoms with Crippen LogP contribution in [0.1, 0.15) is 36.9 Å². The van der Waals surface area contributed by atoms with Gasteiger partial charge in [0.1, 0.15) is 11.6 Å². The first-order valence-corrected chi connectivity index (χ1v) is 10.1. The first-order valence-electron chi connectivity index (χ1n) is 9.29. The molecule has 2 aromatic heterocycles. The molecule has 1 aromatic carbocycles. The summed E-state index contributed by atoms with van der Waals surface area (Å²) in [6.07, 6.45) is -0.342. The van der Waals surface area contributed by atoms with Gasteiger partial charge in [-0.1, -0.05) is 41.7 Å². The highest BCUT2D eigenvalue weighted by atomic mass is 32.1. The van der Waals surface area contributed by atoms with Gasteiger partial charge in [0, 0.05) is 11.3 Å². The number of carbonyl (C=O) groups is 2. The minimum Gasteiger partial charge on any atom is -0.444 e. The smallest absolute Gasteiger partial charge is 0.408 e. The third kappa shape index (κ3) is 5.32. The minimum absolute atomic E-state index is 0.202. The van der Waals surface area contributed by atoms with E-state index < -0.39 is 23.6 Å². The predicted octanol–water partition coefficient (Wildman–Crippen LogP) is 3.48. The van der Waals surface area contributed by atoms with E-state index in [0.717, 1.165) is 16.1 Å². The van der Waals surface area contributed by atoms with Gasteiger partial charge in [-0.25, -0.2) is 9.31 Å². The highest BCUT2D eigenvalue weighted by Gasteiger charge is 2.26. The highest BCUT2D eigenvalue weighted by molar-refractivity contribution is 7.17. The lowest BCUT2D eigenvalue weighted by molar-refractivity contribution is -0.118. The Balaban J connectivity index is 1.77. The number of amides is 2. The number of hydrogen-bond acceptors (Lipinski definition) is 6. The number of hydrogen-bond donors (Lipinski definition) is 2. The topological polar surface area (TPSA) is 97.6 Å². The molecule has 154 valence electrons. The van der Waals surface area contributed by atoms with Crippen molar-refractivity contribution in [2.45, 2.75) is 52.7 Å². The van der Waals surface area contributed by atoms with Crippen LogP contribution in [0.4, 0.5) is 10.7 Å². The van der Waals surface area contributed by atoms with E-state index in [9.17, 15) is 9.59 Å². The number of aryl methyl sites for hydroxylation is 2. The van der Waals surface area contributed by atoms with E-state index in [0.29, 0.717) is 11.4 Å². The first kappa shape index (κ1) is 20.8. The number of nitrogens with zero attached hydrogens (tertiary/aromatic N) is 3. The number of alkyl carbamates (subject to hydrolysis) is 1. The molecule has 0 aliphatic heterocycles. The Labute approximate surface area is 173 Å². The van der Waals surface area contributed by atoms with Crippen molar-refractivity contribution in [1.82, 2.24) is 19.9 Å². The summed E-state index contributed by atoms with van der Waals surface area (Å²) in [5, 5.41) is 9.71. The van der Waals surface area contributed by atoms with Crippen LogP contribution in [0.5, 0.6) is 0 Å². The Bertz CT molecular complexity index is 1020. The molecular weight excluding hydrogens is 390 g/mol. The Morgan fingerprint density at radius 1 is 1.21 bits per heavy atom. The number of thiazole rings is 1. The maximum absolute atomic E-state index is 12.9. The number of nitrogens with one attached hydrogen (secondary N) is 2. The maximum Gasteiger partial charge on any atom is 0.408 e. The summed E-state index contributed by atoms with van der Waals surface area (Å²) in [5.74, 6) is -0.208. The Morgan fingerprint density at radius 2 is 1.90 bits per heavy atom. The summed E-state index contributed by atoms with van der Waals surface area (Å²) in [5.41, 5.74) is 1.22. The molecule has 2 amide bonds. The molecule has 0 fully saturated rings. The minimum atomic E-state index is -0.836. The van der Waals surface area contributed by atoms with Crippen molar-refractivity contribution in [3.8, 4) is 0 Å². The van der Waals surface area contributed by atoms with Crippen molar-refractivity contribution in [2.75, 3.05) is 5.32 Å². The lowest BCUT2D eigenvalue weighted by Crippen LogP contribution is -2.47. The van der Waals surface area contributed by atoms with Gasteiger partial charge in [0.2, 0.25) is 10.9 Å². The summed E-state index contributed by atoms with van der Waals surface area (Å²) in [6.45, 7) is 9.25. The van der Waals surface area contributed by atoms with Gasteiger partial charge in [0.05, 0.1) is 5.69 Å². The quantitative estimate of drug-likeness (QED) is 0.665. The Hall–Kier alpha value is -2.94. The molecule has 1 unspecified atom stereocenters. The fraction of sp³-hybridized carbons (Fsp3) is 0.400. The van der Waals surface area contributed by atoms with E-state index in [4.69, 9.17) is 4.74 Å². The zero-order valence-electron chi connectivity index (χ0n) is 17.1. The number of benzene rings is 1. The monoisotopic (exact) mass is 415 g/mol. The fourth-order valence-electron chi connectivity index (χ4n) is 2.70. The van der Waals surface area contributed by atoms with Crippen molar-refractivity contribution in [3.63, 3.8) is 0 Å². The molecule has 0 aliphatic rings. The van der Waals surface area contributed by atoms with Crippen molar-refractivity contribution < 1.29 is 14.3 Å². The molecular formula is C20H25N5O3S. The summed E-state index contributed by atoms with van der Waals surface area (Å²) < 4.78 is 7.00. The first-order chi connectivity index (χ1) is 13.6. The van der Waals surface area contributed by atoms with Gasteiger partial charge in [-0.3, -0.25) is 10.1 Å². The lowest BCUT2D eigenvalue weighted by Gasteiger charge is -2.23. The number of ether oxygens (including phenoxy) is 1. The molecule has 0 saturated carbocycles. The molecule has 0 spiro atoms. The Kier molecular flexibility index (Phi) is 5.88. The molecule has 0 radical (unpaired) electrons. The molecule has 29 heavy (non-hydrogen) atoms. The van der Waals surface area contributed by atoms with Crippen LogP contribution in [0, 0.1) is 13.8 Å². The van der Waals surface area contributed by atoms with Crippen LogP contribution in [0.2, 0.25) is 0 Å². The third-order valence-corrected chi connectivity index (χ3v) is 5.22. The van der Waals surface area contributed by atoms with Gasteiger partial charge in [-0.2, -0.15) is 4.98 Å². The molecule has 2 N–H and O–H groups in total. The number of rotatable bonds is 5. The van der Waals surface area contributed by atoms with Gasteiger partial charge in [0.25, 0.3) is 5.95 Å². The second kappa shape index (κ2) is 8.20. The van der Waals surface area contributed by atoms with Crippen LogP contribution in [0.3, 0.4) is 0 Å². The average molecular weight is 416 g/mol. The number of carbonyl (C=O) groups excluding carboxylic acids is 2. The zero-order valence-corrected chi connectivity index (χ0v) is 18.0. The largest absolute Gasteiger partial charge is 0.444 e. The van der Waals surface area contributed by atoms with E-state index in [1.807, 2.05) is 44.2 Å². The Morgan fingerprint density at radius 3 is 2.52 bits per heavy atom. The van der Waals surface area contributed by atoms with Crippen molar-refractivity contribution in [2.24, 2.45) is 0 Å². The maximum atomic E-state index is 12.9. The van der Waals surface area contributed by atoms with Crippen molar-refractivity contribution in [3.05, 3.63) is 46.5 Å². The van der Waals surface area contributed by atoms with E-state index >= 15 is 0 Å². The number of aromatic nitrogens is 3. The van der Waals surface area contributed by atoms with Crippen LogP contribution in [-0.4, -0.2) is 38.2 Å². The number of fused-ring (bicyclic) bond motifs is 1. The normalized spacial score (nSPS) is 12.6. The van der Waals surface area contributed by atoms with E-state index in [1.165, 1.54) is 11.3 Å². The van der Waals surface area contributed by atoms with Crippen LogP contribution < -0.4 is 10.6 Å². The fourth-order valence-corrected chi connectivity index (χ4v) is 3.61. The molecule has 1 atom stereocenters. The second-order valence-electron chi connectivity index (χ2n) is 7.75. The van der Waals surface area contributed by atoms with E-state index in [1.54, 1.807) is 25.3 Å². The van der Waals surface area contributed by atoms with E-state index in [-0.39, 0.29) is 5.95 Å². The predicted molar refractivity (Wildman–Crippen MR) is 112 cm³/mol. The van der Waals surface area contributed by atoms with Crippen molar-refractivity contribution in [1.29, 1.82) is 0 Å². The highest BCUT2D eigenvalue weighted by Crippen LogP contribution is 2.21. The molecule has 0 saturated heterocycles.